The normalized spacial score (nSPS) is 12.8. The van der Waals surface area contributed by atoms with Gasteiger partial charge in [-0.25, -0.2) is 0 Å². The number of aromatic amines is 1. The molecule has 20 heavy (non-hydrogen) atoms. The number of carbonyl (C=O) groups is 1. The summed E-state index contributed by atoms with van der Waals surface area (Å²) in [6, 6.07) is 5.48. The molecule has 0 saturated carbocycles. The predicted molar refractivity (Wildman–Crippen MR) is 68.4 cm³/mol. The van der Waals surface area contributed by atoms with E-state index in [4.69, 9.17) is 5.11 Å². The largest absolute Gasteiger partial charge is 0.481 e. The van der Waals surface area contributed by atoms with Crippen molar-refractivity contribution in [1.82, 2.24) is 4.98 Å². The van der Waals surface area contributed by atoms with Crippen LogP contribution in [0.15, 0.2) is 24.3 Å². The molecule has 1 aromatic heterocycles. The fourth-order valence-electron chi connectivity index (χ4n) is 2.10. The summed E-state index contributed by atoms with van der Waals surface area (Å²) < 4.78 is 38.6. The summed E-state index contributed by atoms with van der Waals surface area (Å²) in [5.41, 5.74) is -1.31. The van der Waals surface area contributed by atoms with Crippen LogP contribution in [0.5, 0.6) is 0 Å². The van der Waals surface area contributed by atoms with Crippen molar-refractivity contribution in [2.24, 2.45) is 5.41 Å². The van der Waals surface area contributed by atoms with Gasteiger partial charge in [0.05, 0.1) is 16.5 Å². The first-order chi connectivity index (χ1) is 9.11. The number of nitrogens with one attached hydrogen (secondary N) is 1. The van der Waals surface area contributed by atoms with E-state index in [2.05, 4.69) is 4.98 Å². The highest BCUT2D eigenvalue weighted by atomic mass is 19.4. The maximum absolute atomic E-state index is 12.9. The van der Waals surface area contributed by atoms with Gasteiger partial charge < -0.3 is 10.1 Å². The summed E-state index contributed by atoms with van der Waals surface area (Å²) in [6.07, 6.45) is -4.31. The number of benzene rings is 1. The minimum atomic E-state index is -4.44. The Morgan fingerprint density at radius 3 is 2.50 bits per heavy atom. The van der Waals surface area contributed by atoms with Gasteiger partial charge in [0, 0.05) is 17.5 Å². The average molecular weight is 285 g/mol. The third kappa shape index (κ3) is 2.64. The lowest BCUT2D eigenvalue weighted by Gasteiger charge is -2.17. The molecular weight excluding hydrogens is 271 g/mol. The first-order valence-electron chi connectivity index (χ1n) is 6.02. The van der Waals surface area contributed by atoms with Gasteiger partial charge in [0.2, 0.25) is 0 Å². The van der Waals surface area contributed by atoms with Crippen LogP contribution in [0.1, 0.15) is 25.1 Å². The highest BCUT2D eigenvalue weighted by Gasteiger charge is 2.34. The number of para-hydroxylation sites is 1. The molecular formula is C14H14F3NO2. The maximum atomic E-state index is 12.9. The Balaban J connectivity index is 2.47. The van der Waals surface area contributed by atoms with Crippen LogP contribution in [0.4, 0.5) is 13.2 Å². The molecule has 0 aliphatic carbocycles. The third-order valence-corrected chi connectivity index (χ3v) is 3.23. The second kappa shape index (κ2) is 4.54. The molecule has 0 atom stereocenters. The van der Waals surface area contributed by atoms with Crippen molar-refractivity contribution in [1.29, 1.82) is 0 Å². The van der Waals surface area contributed by atoms with E-state index >= 15 is 0 Å². The van der Waals surface area contributed by atoms with E-state index in [1.165, 1.54) is 19.9 Å². The van der Waals surface area contributed by atoms with Crippen molar-refractivity contribution in [2.45, 2.75) is 26.4 Å². The first-order valence-corrected chi connectivity index (χ1v) is 6.02. The van der Waals surface area contributed by atoms with E-state index in [-0.39, 0.29) is 11.9 Å². The van der Waals surface area contributed by atoms with E-state index in [9.17, 15) is 18.0 Å². The number of halogens is 3. The summed E-state index contributed by atoms with van der Waals surface area (Å²) >= 11 is 0. The van der Waals surface area contributed by atoms with Gasteiger partial charge >= 0.3 is 12.1 Å². The number of carboxylic acids is 1. The van der Waals surface area contributed by atoms with Crippen LogP contribution >= 0.6 is 0 Å². The lowest BCUT2D eigenvalue weighted by Crippen LogP contribution is -2.26. The molecule has 0 unspecified atom stereocenters. The standard InChI is InChI=1S/C14H14F3NO2/c1-13(2,12(19)20)7-9-6-8-4-3-5-10(11(8)18-9)14(15,16)17/h3-6,18H,7H2,1-2H3,(H,19,20). The molecule has 2 N–H and O–H groups in total. The van der Waals surface area contributed by atoms with Crippen LogP contribution in [0.2, 0.25) is 0 Å². The molecule has 0 amide bonds. The van der Waals surface area contributed by atoms with E-state index in [1.54, 1.807) is 12.1 Å². The molecule has 0 spiro atoms. The smallest absolute Gasteiger partial charge is 0.418 e. The zero-order valence-corrected chi connectivity index (χ0v) is 11.0. The van der Waals surface area contributed by atoms with E-state index in [0.29, 0.717) is 11.1 Å². The molecule has 2 aromatic rings. The minimum absolute atomic E-state index is 0.00353. The predicted octanol–water partition coefficient (Wildman–Crippen LogP) is 3.84. The Morgan fingerprint density at radius 1 is 1.30 bits per heavy atom. The molecule has 6 heteroatoms. The average Bonchev–Trinajstić information content (AvgIpc) is 2.67. The number of hydrogen-bond acceptors (Lipinski definition) is 1. The summed E-state index contributed by atoms with van der Waals surface area (Å²) in [5, 5.41) is 9.49. The molecule has 1 heterocycles. The zero-order chi connectivity index (χ0) is 15.1. The van der Waals surface area contributed by atoms with Gasteiger partial charge in [-0.05, 0) is 26.0 Å². The number of carboxylic acid groups (broad SMARTS) is 1. The number of aromatic nitrogens is 1. The highest BCUT2D eigenvalue weighted by Crippen LogP contribution is 2.35. The molecule has 3 nitrogen and oxygen atoms in total. The van der Waals surface area contributed by atoms with Crippen LogP contribution in [0.3, 0.4) is 0 Å². The van der Waals surface area contributed by atoms with Gasteiger partial charge in [-0.3, -0.25) is 4.79 Å². The Hall–Kier alpha value is -1.98. The Bertz CT molecular complexity index is 656. The van der Waals surface area contributed by atoms with Crippen molar-refractivity contribution in [2.75, 3.05) is 0 Å². The van der Waals surface area contributed by atoms with Gasteiger partial charge in [0.15, 0.2) is 0 Å². The van der Waals surface area contributed by atoms with Gasteiger partial charge in [-0.1, -0.05) is 12.1 Å². The number of alkyl halides is 3. The highest BCUT2D eigenvalue weighted by molar-refractivity contribution is 5.84. The Labute approximate surface area is 113 Å². The lowest BCUT2D eigenvalue weighted by atomic mass is 9.88. The van der Waals surface area contributed by atoms with Crippen molar-refractivity contribution in [3.8, 4) is 0 Å². The van der Waals surface area contributed by atoms with Crippen LogP contribution in [0, 0.1) is 5.41 Å². The number of aliphatic carboxylic acids is 1. The van der Waals surface area contributed by atoms with Crippen molar-refractivity contribution in [3.05, 3.63) is 35.5 Å². The quantitative estimate of drug-likeness (QED) is 0.900. The molecule has 1 aromatic carbocycles. The summed E-state index contributed by atoms with van der Waals surface area (Å²) in [6.45, 7) is 3.07. The van der Waals surface area contributed by atoms with Crippen LogP contribution in [0.25, 0.3) is 10.9 Å². The number of fused-ring (bicyclic) bond motifs is 1. The molecule has 0 aliphatic heterocycles. The topological polar surface area (TPSA) is 53.1 Å². The van der Waals surface area contributed by atoms with Crippen LogP contribution in [-0.4, -0.2) is 16.1 Å². The fourth-order valence-corrected chi connectivity index (χ4v) is 2.10. The SMILES string of the molecule is CC(C)(Cc1cc2cccc(C(F)(F)F)c2[nH]1)C(=O)O. The summed E-state index contributed by atoms with van der Waals surface area (Å²) in [7, 11) is 0. The van der Waals surface area contributed by atoms with Gasteiger partial charge in [-0.2, -0.15) is 13.2 Å². The molecule has 108 valence electrons. The molecule has 0 bridgehead atoms. The van der Waals surface area contributed by atoms with Gasteiger partial charge in [0.25, 0.3) is 0 Å². The monoisotopic (exact) mass is 285 g/mol. The maximum Gasteiger partial charge on any atom is 0.418 e. The Morgan fingerprint density at radius 2 is 1.95 bits per heavy atom. The lowest BCUT2D eigenvalue weighted by molar-refractivity contribution is -0.146. The van der Waals surface area contributed by atoms with Crippen molar-refractivity contribution < 1.29 is 23.1 Å². The number of rotatable bonds is 3. The second-order valence-electron chi connectivity index (χ2n) is 5.43. The molecule has 0 fully saturated rings. The van der Waals surface area contributed by atoms with Gasteiger partial charge in [-0.15, -0.1) is 0 Å². The first kappa shape index (κ1) is 14.4. The third-order valence-electron chi connectivity index (χ3n) is 3.23. The Kier molecular flexibility index (Phi) is 3.28. The molecule has 0 saturated heterocycles. The second-order valence-corrected chi connectivity index (χ2v) is 5.43. The van der Waals surface area contributed by atoms with Gasteiger partial charge in [0.1, 0.15) is 0 Å². The minimum Gasteiger partial charge on any atom is -0.481 e. The van der Waals surface area contributed by atoms with Crippen molar-refractivity contribution >= 4 is 16.9 Å². The number of H-pyrrole nitrogens is 1. The zero-order valence-electron chi connectivity index (χ0n) is 11.0. The van der Waals surface area contributed by atoms with E-state index in [0.717, 1.165) is 6.07 Å². The van der Waals surface area contributed by atoms with Crippen molar-refractivity contribution in [3.63, 3.8) is 0 Å². The van der Waals surface area contributed by atoms with E-state index in [1.807, 2.05) is 0 Å². The number of hydrogen-bond donors (Lipinski definition) is 2. The van der Waals surface area contributed by atoms with E-state index < -0.39 is 23.1 Å². The fraction of sp³-hybridized carbons (Fsp3) is 0.357. The summed E-state index contributed by atoms with van der Waals surface area (Å²) in [4.78, 5) is 13.8. The molecule has 0 radical (unpaired) electrons. The summed E-state index contributed by atoms with van der Waals surface area (Å²) in [5.74, 6) is -0.993. The van der Waals surface area contributed by atoms with Crippen LogP contribution < -0.4 is 0 Å². The molecule has 2 rings (SSSR count). The molecule has 0 aliphatic rings. The van der Waals surface area contributed by atoms with Crippen LogP contribution in [-0.2, 0) is 17.4 Å².